The van der Waals surface area contributed by atoms with Gasteiger partial charge in [0.15, 0.2) is 0 Å². The molecule has 6 atom stereocenters. The number of halogens is 2. The molecule has 356 valence electrons. The number of pyridine rings is 2. The molecule has 10 rings (SSSR count). The second-order valence-electron chi connectivity index (χ2n) is 17.1. The fourth-order valence-corrected chi connectivity index (χ4v) is 9.17. The van der Waals surface area contributed by atoms with E-state index in [1.165, 1.54) is 30.7 Å². The second-order valence-corrected chi connectivity index (χ2v) is 17.9. The van der Waals surface area contributed by atoms with Gasteiger partial charge >= 0.3 is 5.97 Å². The molecule has 12 N–H and O–H groups in total. The van der Waals surface area contributed by atoms with Crippen LogP contribution in [0.3, 0.4) is 0 Å². The first-order valence-electron chi connectivity index (χ1n) is 22.4. The fourth-order valence-electron chi connectivity index (χ4n) is 8.77. The van der Waals surface area contributed by atoms with E-state index >= 15 is 0 Å². The van der Waals surface area contributed by atoms with Gasteiger partial charge in [0.2, 0.25) is 23.7 Å². The maximum atomic E-state index is 12.7. The molecule has 2 aromatic carbocycles. The third-order valence-corrected chi connectivity index (χ3v) is 12.7. The lowest BCUT2D eigenvalue weighted by Gasteiger charge is -2.30. The number of para-hydroxylation sites is 2. The van der Waals surface area contributed by atoms with Crippen LogP contribution in [-0.4, -0.2) is 82.9 Å². The minimum atomic E-state index is -1.04. The van der Waals surface area contributed by atoms with E-state index in [2.05, 4.69) is 56.5 Å². The predicted molar refractivity (Wildman–Crippen MR) is 263 cm³/mol. The van der Waals surface area contributed by atoms with Crippen LogP contribution in [0.2, 0.25) is 10.0 Å². The monoisotopic (exact) mass is 972 g/mol. The Balaban J connectivity index is 0.000000160. The van der Waals surface area contributed by atoms with Crippen molar-refractivity contribution in [3.05, 3.63) is 142 Å². The number of aromatic nitrogens is 6. The molecule has 0 spiro atoms. The summed E-state index contributed by atoms with van der Waals surface area (Å²) in [5.41, 5.74) is 22.6. The normalized spacial score (nSPS) is 21.1. The van der Waals surface area contributed by atoms with Crippen molar-refractivity contribution >= 4 is 81.5 Å². The van der Waals surface area contributed by atoms with E-state index in [1.807, 2.05) is 48.5 Å². The summed E-state index contributed by atoms with van der Waals surface area (Å²) < 4.78 is 0. The molecule has 19 nitrogen and oxygen atoms in total. The molecule has 0 bridgehead atoms. The van der Waals surface area contributed by atoms with Crippen LogP contribution < -0.4 is 43.8 Å². The number of carboxylic acid groups (broad SMARTS) is 1. The number of anilines is 6. The van der Waals surface area contributed by atoms with Gasteiger partial charge in [-0.25, -0.2) is 34.7 Å². The molecule has 69 heavy (non-hydrogen) atoms. The van der Waals surface area contributed by atoms with Crippen LogP contribution in [0.5, 0.6) is 0 Å². The van der Waals surface area contributed by atoms with Crippen LogP contribution >= 0.6 is 23.2 Å². The van der Waals surface area contributed by atoms with Gasteiger partial charge in [0.1, 0.15) is 23.2 Å². The standard InChI is InChI=1S/C24H24ClN7O2.C18H20ClN5O.C6H6N2O2/c25-17-12-28-24(32-21(17)20-16-6-1-2-7-18(16)31-23(20)34)30-15-5-3-4-14(10-15)29-22(33)19-9-8-13(26)11-27-19;19-13-9-21-18(22-11-5-3-4-10(20)8-11)24-16(13)15-12-6-1-2-7-14(12)23-17(15)25;7-4-1-2-5(6(9)10)8-3-4/h1-2,6-9,11-12,14-15,20H,3-5,10,26H2,(H,29,33)(H,31,34)(H,28,30,32);1-2,6-7,9-11,15H,3-5,8,20H2,(H,23,25)(H,21,22,24);1-3H,7H2,(H,9,10)/t14-,15+,20?;10-,11+,15?;/m00./s1. The molecular weight excluding hydrogens is 924 g/mol. The molecule has 3 amide bonds. The molecule has 2 unspecified atom stereocenters. The summed E-state index contributed by atoms with van der Waals surface area (Å²) in [5, 5.41) is 24.6. The van der Waals surface area contributed by atoms with E-state index in [0.717, 1.165) is 73.9 Å². The molecule has 2 fully saturated rings. The maximum absolute atomic E-state index is 12.7. The highest BCUT2D eigenvalue weighted by Crippen LogP contribution is 2.40. The van der Waals surface area contributed by atoms with Gasteiger partial charge in [-0.15, -0.1) is 0 Å². The van der Waals surface area contributed by atoms with E-state index in [1.54, 1.807) is 18.3 Å². The van der Waals surface area contributed by atoms with Gasteiger partial charge in [-0.3, -0.25) is 14.4 Å². The summed E-state index contributed by atoms with van der Waals surface area (Å²) in [6.45, 7) is 0. The first-order chi connectivity index (χ1) is 33.3. The maximum Gasteiger partial charge on any atom is 0.354 e. The number of nitrogens with zero attached hydrogens (tertiary/aromatic N) is 6. The van der Waals surface area contributed by atoms with E-state index in [0.29, 0.717) is 50.4 Å². The lowest BCUT2D eigenvalue weighted by molar-refractivity contribution is -0.117. The number of carbonyl (C=O) groups excluding carboxylic acids is 3. The number of hydrogen-bond acceptors (Lipinski definition) is 15. The Kier molecular flexibility index (Phi) is 15.1. The topological polar surface area (TPSA) is 304 Å². The van der Waals surface area contributed by atoms with Gasteiger partial charge < -0.3 is 48.9 Å². The Labute approximate surface area is 406 Å². The number of nitrogens with one attached hydrogen (secondary N) is 5. The van der Waals surface area contributed by atoms with E-state index in [-0.39, 0.29) is 47.6 Å². The Hall–Kier alpha value is -7.48. The largest absolute Gasteiger partial charge is 0.477 e. The van der Waals surface area contributed by atoms with Crippen molar-refractivity contribution in [3.8, 4) is 0 Å². The highest BCUT2D eigenvalue weighted by atomic mass is 35.5. The fraction of sp³-hybridized carbons (Fsp3) is 0.292. The molecule has 6 heterocycles. The lowest BCUT2D eigenvalue weighted by atomic mass is 9.91. The molecule has 4 aliphatic rings. The van der Waals surface area contributed by atoms with Crippen molar-refractivity contribution in [3.63, 3.8) is 0 Å². The van der Waals surface area contributed by atoms with Gasteiger partial charge in [0.05, 0.1) is 57.6 Å². The third kappa shape index (κ3) is 11.8. The molecular formula is C48H50Cl2N14O5. The van der Waals surface area contributed by atoms with Crippen LogP contribution in [0.15, 0.2) is 97.6 Å². The number of benzene rings is 2. The van der Waals surface area contributed by atoms with Crippen LogP contribution in [0.4, 0.5) is 34.6 Å². The van der Waals surface area contributed by atoms with Crippen LogP contribution in [0, 0.1) is 0 Å². The zero-order chi connectivity index (χ0) is 48.6. The molecule has 0 saturated heterocycles. The minimum absolute atomic E-state index is 0.00244. The molecule has 4 aromatic heterocycles. The van der Waals surface area contributed by atoms with Crippen LogP contribution in [0.25, 0.3) is 0 Å². The SMILES string of the molecule is N[C@H]1CCC[C@@H](Nc2ncc(Cl)c(C3C(=O)Nc4ccccc43)n2)C1.Nc1ccc(C(=O)N[C@H]2CCC[C@@H](Nc3ncc(Cl)c(C4C(=O)Nc5ccccc54)n3)C2)nc1.Nc1ccc(C(=O)O)nc1. The van der Waals surface area contributed by atoms with Crippen LogP contribution in [0.1, 0.15) is 107 Å². The minimum Gasteiger partial charge on any atom is -0.477 e. The summed E-state index contributed by atoms with van der Waals surface area (Å²) >= 11 is 12.7. The van der Waals surface area contributed by atoms with E-state index in [9.17, 15) is 19.2 Å². The zero-order valence-electron chi connectivity index (χ0n) is 37.1. The molecule has 0 radical (unpaired) electrons. The van der Waals surface area contributed by atoms with Gasteiger partial charge in [-0.1, -0.05) is 59.6 Å². The number of rotatable bonds is 9. The summed E-state index contributed by atoms with van der Waals surface area (Å²) in [6.07, 6.45) is 13.4. The first kappa shape index (κ1) is 48.0. The Morgan fingerprint density at radius 2 is 1.09 bits per heavy atom. The summed E-state index contributed by atoms with van der Waals surface area (Å²) in [5.74, 6) is -1.73. The number of fused-ring (bicyclic) bond motifs is 2. The van der Waals surface area contributed by atoms with Gasteiger partial charge in [0.25, 0.3) is 5.91 Å². The number of amides is 3. The molecule has 2 aliphatic heterocycles. The number of nitrogens with two attached hydrogens (primary N) is 3. The number of carboxylic acids is 1. The Morgan fingerprint density at radius 3 is 1.58 bits per heavy atom. The second kappa shape index (κ2) is 21.6. The van der Waals surface area contributed by atoms with Gasteiger partial charge in [0, 0.05) is 35.5 Å². The number of aromatic carboxylic acids is 1. The quantitative estimate of drug-likeness (QED) is 0.0737. The molecule has 2 saturated carbocycles. The van der Waals surface area contributed by atoms with E-state index < -0.39 is 17.8 Å². The molecule has 6 aromatic rings. The lowest BCUT2D eigenvalue weighted by Crippen LogP contribution is -2.42. The first-order valence-corrected chi connectivity index (χ1v) is 23.2. The summed E-state index contributed by atoms with van der Waals surface area (Å²) in [7, 11) is 0. The van der Waals surface area contributed by atoms with Crippen molar-refractivity contribution in [1.82, 2.24) is 35.2 Å². The third-order valence-electron chi connectivity index (χ3n) is 12.1. The average molecular weight is 974 g/mol. The van der Waals surface area contributed by atoms with Crippen LogP contribution in [-0.2, 0) is 9.59 Å². The van der Waals surface area contributed by atoms with Crippen molar-refractivity contribution in [2.75, 3.05) is 32.7 Å². The number of carbonyl (C=O) groups is 4. The average Bonchev–Trinajstić information content (AvgIpc) is 3.85. The zero-order valence-corrected chi connectivity index (χ0v) is 38.6. The summed E-state index contributed by atoms with van der Waals surface area (Å²) in [6, 6.07) is 21.8. The Bertz CT molecular complexity index is 2840. The highest BCUT2D eigenvalue weighted by molar-refractivity contribution is 6.32. The van der Waals surface area contributed by atoms with Crippen molar-refractivity contribution in [2.45, 2.75) is 87.4 Å². The van der Waals surface area contributed by atoms with Crippen molar-refractivity contribution < 1.29 is 24.3 Å². The van der Waals surface area contributed by atoms with Crippen molar-refractivity contribution in [2.24, 2.45) is 5.73 Å². The highest BCUT2D eigenvalue weighted by Gasteiger charge is 2.36. The van der Waals surface area contributed by atoms with Crippen molar-refractivity contribution in [1.29, 1.82) is 0 Å². The summed E-state index contributed by atoms with van der Waals surface area (Å²) in [4.78, 5) is 73.3. The van der Waals surface area contributed by atoms with Gasteiger partial charge in [-0.2, -0.15) is 0 Å². The molecule has 2 aliphatic carbocycles. The van der Waals surface area contributed by atoms with Gasteiger partial charge in [-0.05, 0) is 98.9 Å². The van der Waals surface area contributed by atoms with E-state index in [4.69, 9.17) is 45.5 Å². The predicted octanol–water partition coefficient (Wildman–Crippen LogP) is 6.60. The number of nitrogen functional groups attached to an aromatic ring is 2. The number of hydrogen-bond donors (Lipinski definition) is 9. The molecule has 21 heteroatoms. The Morgan fingerprint density at radius 1 is 0.609 bits per heavy atom. The smallest absolute Gasteiger partial charge is 0.354 e.